The van der Waals surface area contributed by atoms with Gasteiger partial charge in [-0.25, -0.2) is 9.78 Å². The van der Waals surface area contributed by atoms with Crippen LogP contribution >= 0.6 is 22.7 Å². The van der Waals surface area contributed by atoms with Crippen LogP contribution in [0.15, 0.2) is 12.1 Å². The van der Waals surface area contributed by atoms with Crippen molar-refractivity contribution >= 4 is 49.9 Å². The maximum atomic E-state index is 11.7. The van der Waals surface area contributed by atoms with Crippen molar-refractivity contribution in [3.8, 4) is 22.1 Å². The van der Waals surface area contributed by atoms with E-state index < -0.39 is 6.09 Å². The van der Waals surface area contributed by atoms with E-state index in [0.717, 1.165) is 31.2 Å². The molecule has 4 heterocycles. The van der Waals surface area contributed by atoms with Crippen molar-refractivity contribution in [2.45, 2.75) is 19.9 Å². The lowest BCUT2D eigenvalue weighted by atomic mass is 10.0. The molecule has 0 bridgehead atoms. The molecule has 5 rings (SSSR count). The average Bonchev–Trinajstić information content (AvgIpc) is 3.33. The van der Waals surface area contributed by atoms with Gasteiger partial charge in [0.1, 0.15) is 10.0 Å². The van der Waals surface area contributed by atoms with Crippen molar-refractivity contribution < 1.29 is 24.2 Å². The van der Waals surface area contributed by atoms with Crippen LogP contribution in [0.25, 0.3) is 20.8 Å². The first kappa shape index (κ1) is 17.3. The Labute approximate surface area is 167 Å². The fourth-order valence-corrected chi connectivity index (χ4v) is 5.90. The first-order valence-electron chi connectivity index (χ1n) is 8.60. The molecule has 3 aromatic rings. The molecule has 2 N–H and O–H groups in total. The van der Waals surface area contributed by atoms with Gasteiger partial charge < -0.3 is 24.8 Å². The van der Waals surface area contributed by atoms with Crippen molar-refractivity contribution in [3.63, 3.8) is 0 Å². The van der Waals surface area contributed by atoms with Crippen LogP contribution in [0.4, 0.5) is 9.80 Å². The molecule has 0 atom stereocenters. The number of thiazole rings is 1. The Kier molecular flexibility index (Phi) is 3.91. The van der Waals surface area contributed by atoms with Crippen LogP contribution in [0.1, 0.15) is 17.4 Å². The molecule has 0 radical (unpaired) electrons. The summed E-state index contributed by atoms with van der Waals surface area (Å²) in [5, 5.41) is 13.7. The third-order valence-corrected chi connectivity index (χ3v) is 6.88. The van der Waals surface area contributed by atoms with Gasteiger partial charge in [-0.15, -0.1) is 22.7 Å². The summed E-state index contributed by atoms with van der Waals surface area (Å²) < 4.78 is 11.9. The summed E-state index contributed by atoms with van der Waals surface area (Å²) in [6.07, 6.45) is -0.345. The molecular weight excluding hydrogens is 402 g/mol. The maximum Gasteiger partial charge on any atom is 0.407 e. The van der Waals surface area contributed by atoms with Gasteiger partial charge in [-0.2, -0.15) is 0 Å². The second-order valence-electron chi connectivity index (χ2n) is 6.54. The molecule has 2 aliphatic rings. The maximum absolute atomic E-state index is 11.7. The van der Waals surface area contributed by atoms with E-state index in [1.165, 1.54) is 34.5 Å². The zero-order chi connectivity index (χ0) is 19.4. The molecule has 1 aromatic carbocycles. The van der Waals surface area contributed by atoms with Crippen molar-refractivity contribution in [2.24, 2.45) is 0 Å². The third kappa shape index (κ3) is 2.76. The van der Waals surface area contributed by atoms with Crippen LogP contribution in [-0.4, -0.2) is 40.3 Å². The van der Waals surface area contributed by atoms with E-state index in [-0.39, 0.29) is 12.7 Å². The lowest BCUT2D eigenvalue weighted by Crippen LogP contribution is -2.34. The van der Waals surface area contributed by atoms with Crippen LogP contribution < -0.4 is 14.8 Å². The van der Waals surface area contributed by atoms with Gasteiger partial charge in [0.05, 0.1) is 16.8 Å². The molecule has 2 aromatic heterocycles. The molecule has 0 saturated heterocycles. The molecule has 28 heavy (non-hydrogen) atoms. The lowest BCUT2D eigenvalue weighted by molar-refractivity contribution is -0.114. The average molecular weight is 417 g/mol. The monoisotopic (exact) mass is 417 g/mol. The lowest BCUT2D eigenvalue weighted by Gasteiger charge is -2.24. The molecule has 144 valence electrons. The second kappa shape index (κ2) is 6.35. The van der Waals surface area contributed by atoms with E-state index in [2.05, 4.69) is 5.32 Å². The Morgan fingerprint density at radius 2 is 2.04 bits per heavy atom. The minimum absolute atomic E-state index is 0.170. The predicted octanol–water partition coefficient (Wildman–Crippen LogP) is 3.75. The van der Waals surface area contributed by atoms with Crippen LogP contribution in [0.3, 0.4) is 0 Å². The van der Waals surface area contributed by atoms with Gasteiger partial charge in [-0.1, -0.05) is 0 Å². The van der Waals surface area contributed by atoms with Crippen molar-refractivity contribution in [3.05, 3.63) is 22.6 Å². The fourth-order valence-electron chi connectivity index (χ4n) is 3.47. The van der Waals surface area contributed by atoms with Gasteiger partial charge in [-0.05, 0) is 12.0 Å². The van der Waals surface area contributed by atoms with Gasteiger partial charge in [-0.3, -0.25) is 4.79 Å². The highest BCUT2D eigenvalue weighted by Crippen LogP contribution is 2.47. The summed E-state index contributed by atoms with van der Waals surface area (Å²) in [7, 11) is 0. The topological polar surface area (TPSA) is 101 Å². The number of amides is 2. The number of ether oxygens (including phenoxy) is 2. The number of carboxylic acid groups (broad SMARTS) is 1. The van der Waals surface area contributed by atoms with Crippen molar-refractivity contribution in [2.75, 3.05) is 18.7 Å². The number of fused-ring (bicyclic) bond motifs is 3. The summed E-state index contributed by atoms with van der Waals surface area (Å²) in [6.45, 7) is 2.42. The Bertz CT molecular complexity index is 1100. The minimum Gasteiger partial charge on any atom is -0.465 e. The highest BCUT2D eigenvalue weighted by Gasteiger charge is 2.29. The number of carbonyl (C=O) groups excluding carboxylic acids is 1. The smallest absolute Gasteiger partial charge is 0.407 e. The molecular formula is C18H15N3O5S2. The Balaban J connectivity index is 1.63. The Hall–Kier alpha value is -2.85. The van der Waals surface area contributed by atoms with E-state index in [1.54, 1.807) is 0 Å². The van der Waals surface area contributed by atoms with Crippen molar-refractivity contribution in [1.29, 1.82) is 0 Å². The molecule has 2 aliphatic heterocycles. The predicted molar refractivity (Wildman–Crippen MR) is 105 cm³/mol. The fraction of sp³-hybridized carbons (Fsp3) is 0.278. The van der Waals surface area contributed by atoms with Crippen LogP contribution in [0, 0.1) is 0 Å². The van der Waals surface area contributed by atoms with E-state index in [4.69, 9.17) is 14.5 Å². The summed E-state index contributed by atoms with van der Waals surface area (Å²) in [5.74, 6) is 1.21. The number of nitrogens with zero attached hydrogens (tertiary/aromatic N) is 2. The SMILES string of the molecule is CC(=O)Nc1sc2c(c1-c1nc3cc4c(cc3s1)OCO4)CCN(C(=O)O)C2. The zero-order valence-corrected chi connectivity index (χ0v) is 16.4. The van der Waals surface area contributed by atoms with Crippen molar-refractivity contribution in [1.82, 2.24) is 9.88 Å². The van der Waals surface area contributed by atoms with Crippen LogP contribution in [0.5, 0.6) is 11.5 Å². The number of nitrogens with one attached hydrogen (secondary N) is 1. The zero-order valence-electron chi connectivity index (χ0n) is 14.8. The first-order valence-corrected chi connectivity index (χ1v) is 10.2. The summed E-state index contributed by atoms with van der Waals surface area (Å²) >= 11 is 2.94. The number of thiophene rings is 1. The Morgan fingerprint density at radius 3 is 2.79 bits per heavy atom. The number of aromatic nitrogens is 1. The highest BCUT2D eigenvalue weighted by atomic mass is 32.1. The number of hydrogen-bond acceptors (Lipinski definition) is 7. The molecule has 0 spiro atoms. The van der Waals surface area contributed by atoms with E-state index in [9.17, 15) is 14.7 Å². The number of carbonyl (C=O) groups is 2. The van der Waals surface area contributed by atoms with E-state index >= 15 is 0 Å². The van der Waals surface area contributed by atoms with Gasteiger partial charge in [0.15, 0.2) is 11.5 Å². The number of benzene rings is 1. The van der Waals surface area contributed by atoms with Gasteiger partial charge in [0.25, 0.3) is 0 Å². The molecule has 8 nitrogen and oxygen atoms in total. The number of anilines is 1. The second-order valence-corrected chi connectivity index (χ2v) is 8.67. The normalized spacial score (nSPS) is 15.0. The van der Waals surface area contributed by atoms with Gasteiger partial charge in [0.2, 0.25) is 12.7 Å². The quantitative estimate of drug-likeness (QED) is 0.659. The first-order chi connectivity index (χ1) is 13.5. The molecule has 0 aliphatic carbocycles. The molecule has 10 heteroatoms. The summed E-state index contributed by atoms with van der Waals surface area (Å²) in [4.78, 5) is 30.2. The number of rotatable bonds is 2. The highest BCUT2D eigenvalue weighted by molar-refractivity contribution is 7.23. The standard InChI is InChI=1S/C18H15N3O5S2/c1-8(22)19-16-15(9-2-3-21(18(23)24)6-14(9)28-16)17-20-10-4-11-12(26-7-25-11)5-13(10)27-17/h4-5H,2-3,6-7H2,1H3,(H,19,22)(H,23,24). The van der Waals surface area contributed by atoms with Crippen LogP contribution in [-0.2, 0) is 17.8 Å². The van der Waals surface area contributed by atoms with E-state index in [0.29, 0.717) is 36.0 Å². The van der Waals surface area contributed by atoms with Crippen LogP contribution in [0.2, 0.25) is 0 Å². The number of hydrogen-bond donors (Lipinski definition) is 2. The molecule has 0 unspecified atom stereocenters. The van der Waals surface area contributed by atoms with Gasteiger partial charge in [0, 0.05) is 36.0 Å². The molecule has 0 fully saturated rings. The summed E-state index contributed by atoms with van der Waals surface area (Å²) in [6, 6.07) is 3.78. The Morgan fingerprint density at radius 1 is 1.25 bits per heavy atom. The summed E-state index contributed by atoms with van der Waals surface area (Å²) in [5.41, 5.74) is 2.76. The molecule has 0 saturated carbocycles. The third-order valence-electron chi connectivity index (χ3n) is 4.71. The van der Waals surface area contributed by atoms with Gasteiger partial charge >= 0.3 is 6.09 Å². The minimum atomic E-state index is -0.934. The largest absolute Gasteiger partial charge is 0.465 e. The molecule has 2 amide bonds. The van der Waals surface area contributed by atoms with E-state index in [1.807, 2.05) is 12.1 Å².